The van der Waals surface area contributed by atoms with Crippen molar-refractivity contribution in [2.45, 2.75) is 27.7 Å². The molecule has 0 radical (unpaired) electrons. The molecule has 1 saturated carbocycles. The number of methoxy groups -OCH3 is 1. The summed E-state index contributed by atoms with van der Waals surface area (Å²) < 4.78 is 5.09. The van der Waals surface area contributed by atoms with E-state index >= 15 is 0 Å². The molecule has 0 heterocycles. The molecule has 2 rings (SSSR count). The lowest BCUT2D eigenvalue weighted by Crippen LogP contribution is -2.36. The van der Waals surface area contributed by atoms with Gasteiger partial charge in [0.05, 0.1) is 19.6 Å². The van der Waals surface area contributed by atoms with Crippen molar-refractivity contribution in [3.63, 3.8) is 0 Å². The van der Waals surface area contributed by atoms with Crippen molar-refractivity contribution in [1.82, 2.24) is 4.90 Å². The van der Waals surface area contributed by atoms with E-state index in [1.165, 1.54) is 10.5 Å². The van der Waals surface area contributed by atoms with Crippen LogP contribution >= 0.6 is 0 Å². The zero-order valence-electron chi connectivity index (χ0n) is 15.9. The van der Waals surface area contributed by atoms with Gasteiger partial charge < -0.3 is 15.0 Å². The van der Waals surface area contributed by atoms with Crippen molar-refractivity contribution >= 4 is 17.5 Å². The number of benzene rings is 1. The van der Waals surface area contributed by atoms with E-state index < -0.39 is 0 Å². The largest absolute Gasteiger partial charge is 0.497 e. The molecular weight excluding hydrogens is 316 g/mol. The van der Waals surface area contributed by atoms with Crippen LogP contribution in [0.15, 0.2) is 35.9 Å². The number of hydrogen-bond donors (Lipinski definition) is 1. The predicted octanol–water partition coefficient (Wildman–Crippen LogP) is 3.33. The van der Waals surface area contributed by atoms with Crippen LogP contribution in [0.3, 0.4) is 0 Å². The fourth-order valence-corrected chi connectivity index (χ4v) is 3.23. The van der Waals surface area contributed by atoms with E-state index in [1.54, 1.807) is 38.4 Å². The number of ether oxygens (including phenoxy) is 1. The minimum Gasteiger partial charge on any atom is -0.497 e. The second-order valence-electron chi connectivity index (χ2n) is 7.54. The van der Waals surface area contributed by atoms with Gasteiger partial charge in [-0.3, -0.25) is 9.59 Å². The Hall–Kier alpha value is -2.30. The number of anilines is 1. The summed E-state index contributed by atoms with van der Waals surface area (Å²) in [6, 6.07) is 7.10. The molecule has 0 aliphatic heterocycles. The first-order chi connectivity index (χ1) is 11.7. The highest BCUT2D eigenvalue weighted by molar-refractivity contribution is 5.95. The second kappa shape index (κ2) is 7.30. The fraction of sp³-hybridized carbons (Fsp3) is 0.500. The molecule has 0 aromatic heterocycles. The van der Waals surface area contributed by atoms with Crippen molar-refractivity contribution in [2.75, 3.05) is 26.0 Å². The number of likely N-dealkylation sites (N-methyl/N-ethyl adjacent to an activating group) is 1. The molecule has 25 heavy (non-hydrogen) atoms. The number of carbonyl (C=O) groups is 2. The Morgan fingerprint density at radius 2 is 1.84 bits per heavy atom. The van der Waals surface area contributed by atoms with E-state index in [0.717, 1.165) is 5.75 Å². The average Bonchev–Trinajstić information content (AvgIpc) is 3.06. The van der Waals surface area contributed by atoms with E-state index in [0.29, 0.717) is 5.69 Å². The van der Waals surface area contributed by atoms with Crippen molar-refractivity contribution in [3.05, 3.63) is 35.9 Å². The quantitative estimate of drug-likeness (QED) is 0.805. The van der Waals surface area contributed by atoms with Crippen LogP contribution in [0, 0.1) is 17.3 Å². The van der Waals surface area contributed by atoms with Crippen LogP contribution in [0.4, 0.5) is 5.69 Å². The van der Waals surface area contributed by atoms with E-state index in [-0.39, 0.29) is 35.6 Å². The minimum absolute atomic E-state index is 0.0254. The number of rotatable bonds is 6. The molecule has 1 aromatic rings. The van der Waals surface area contributed by atoms with Gasteiger partial charge in [0.1, 0.15) is 5.75 Å². The Bertz CT molecular complexity index is 673. The van der Waals surface area contributed by atoms with E-state index in [9.17, 15) is 9.59 Å². The topological polar surface area (TPSA) is 58.6 Å². The lowest BCUT2D eigenvalue weighted by molar-refractivity contribution is -0.135. The normalized spacial score (nSPS) is 20.4. The van der Waals surface area contributed by atoms with Crippen LogP contribution in [0.1, 0.15) is 27.7 Å². The summed E-state index contributed by atoms with van der Waals surface area (Å²) in [6.45, 7) is 8.33. The number of allylic oxidation sites excluding steroid dienone is 2. The summed E-state index contributed by atoms with van der Waals surface area (Å²) >= 11 is 0. The van der Waals surface area contributed by atoms with Gasteiger partial charge in [0.15, 0.2) is 0 Å². The summed E-state index contributed by atoms with van der Waals surface area (Å²) in [5.74, 6) is 0.737. The SMILES string of the molecule is COc1ccc(NC(=O)CN(C)C(=O)[C@H]2[C@H](C=C(C)C)C2(C)C)cc1. The van der Waals surface area contributed by atoms with Crippen LogP contribution < -0.4 is 10.1 Å². The maximum absolute atomic E-state index is 12.7. The average molecular weight is 344 g/mol. The van der Waals surface area contributed by atoms with Gasteiger partial charge in [0.25, 0.3) is 0 Å². The molecule has 5 heteroatoms. The third-order valence-electron chi connectivity index (χ3n) is 4.82. The van der Waals surface area contributed by atoms with E-state index in [4.69, 9.17) is 4.74 Å². The number of nitrogens with zero attached hydrogens (tertiary/aromatic N) is 1. The third kappa shape index (κ3) is 4.41. The first-order valence-corrected chi connectivity index (χ1v) is 8.50. The molecule has 1 aliphatic rings. The molecule has 1 aromatic carbocycles. The van der Waals surface area contributed by atoms with Crippen LogP contribution in [0.5, 0.6) is 5.75 Å². The lowest BCUT2D eigenvalue weighted by Gasteiger charge is -2.17. The highest BCUT2D eigenvalue weighted by Crippen LogP contribution is 2.59. The summed E-state index contributed by atoms with van der Waals surface area (Å²) in [5.41, 5.74) is 1.85. The molecule has 5 nitrogen and oxygen atoms in total. The van der Waals surface area contributed by atoms with Gasteiger partial charge in [-0.1, -0.05) is 25.5 Å². The standard InChI is InChI=1S/C20H28N2O3/c1-13(2)11-16-18(20(16,3)4)19(24)22(5)12-17(23)21-14-7-9-15(25-6)10-8-14/h7-11,16,18H,12H2,1-6H3,(H,21,23)/t16-,18+/m0/s1. The van der Waals surface area contributed by atoms with Crippen LogP contribution in [0.2, 0.25) is 0 Å². The van der Waals surface area contributed by atoms with Crippen molar-refractivity contribution in [1.29, 1.82) is 0 Å². The first-order valence-electron chi connectivity index (χ1n) is 8.50. The van der Waals surface area contributed by atoms with Gasteiger partial charge in [-0.2, -0.15) is 0 Å². The summed E-state index contributed by atoms with van der Waals surface area (Å²) in [6.07, 6.45) is 2.16. The van der Waals surface area contributed by atoms with Gasteiger partial charge in [-0.15, -0.1) is 0 Å². The summed E-state index contributed by atoms with van der Waals surface area (Å²) in [7, 11) is 3.28. The zero-order chi connectivity index (χ0) is 18.8. The Morgan fingerprint density at radius 1 is 1.24 bits per heavy atom. The monoisotopic (exact) mass is 344 g/mol. The van der Waals surface area contributed by atoms with E-state index in [1.807, 2.05) is 13.8 Å². The van der Waals surface area contributed by atoms with Gasteiger partial charge in [-0.25, -0.2) is 0 Å². The van der Waals surface area contributed by atoms with Gasteiger partial charge in [0.2, 0.25) is 11.8 Å². The fourth-order valence-electron chi connectivity index (χ4n) is 3.23. The Kier molecular flexibility index (Phi) is 5.55. The molecule has 1 N–H and O–H groups in total. The molecule has 1 fully saturated rings. The van der Waals surface area contributed by atoms with Gasteiger partial charge in [-0.05, 0) is 49.4 Å². The Labute approximate surface area is 150 Å². The molecule has 0 saturated heterocycles. The minimum atomic E-state index is -0.210. The molecule has 2 atom stereocenters. The second-order valence-corrected chi connectivity index (χ2v) is 7.54. The third-order valence-corrected chi connectivity index (χ3v) is 4.82. The van der Waals surface area contributed by atoms with Crippen molar-refractivity contribution in [2.24, 2.45) is 17.3 Å². The number of amides is 2. The first kappa shape index (κ1) is 19.0. The molecule has 0 unspecified atom stereocenters. The predicted molar refractivity (Wildman–Crippen MR) is 99.5 cm³/mol. The zero-order valence-corrected chi connectivity index (χ0v) is 15.9. The van der Waals surface area contributed by atoms with Gasteiger partial charge in [0, 0.05) is 12.7 Å². The molecule has 2 amide bonds. The molecule has 0 spiro atoms. The van der Waals surface area contributed by atoms with Gasteiger partial charge >= 0.3 is 0 Å². The molecule has 136 valence electrons. The van der Waals surface area contributed by atoms with Crippen LogP contribution in [0.25, 0.3) is 0 Å². The van der Waals surface area contributed by atoms with Crippen molar-refractivity contribution < 1.29 is 14.3 Å². The highest BCUT2D eigenvalue weighted by atomic mass is 16.5. The Morgan fingerprint density at radius 3 is 2.36 bits per heavy atom. The lowest BCUT2D eigenvalue weighted by atomic mass is 10.1. The maximum Gasteiger partial charge on any atom is 0.243 e. The molecular formula is C20H28N2O3. The maximum atomic E-state index is 12.7. The summed E-state index contributed by atoms with van der Waals surface area (Å²) in [5, 5.41) is 2.80. The highest BCUT2D eigenvalue weighted by Gasteiger charge is 2.60. The smallest absolute Gasteiger partial charge is 0.243 e. The van der Waals surface area contributed by atoms with E-state index in [2.05, 4.69) is 25.2 Å². The van der Waals surface area contributed by atoms with Crippen LogP contribution in [-0.2, 0) is 9.59 Å². The molecule has 0 bridgehead atoms. The Balaban J connectivity index is 1.92. The number of hydrogen-bond acceptors (Lipinski definition) is 3. The number of nitrogens with one attached hydrogen (secondary N) is 1. The molecule has 1 aliphatic carbocycles. The van der Waals surface area contributed by atoms with Crippen LogP contribution in [-0.4, -0.2) is 37.4 Å². The van der Waals surface area contributed by atoms with Crippen molar-refractivity contribution in [3.8, 4) is 5.75 Å². The summed E-state index contributed by atoms with van der Waals surface area (Å²) in [4.78, 5) is 26.4. The number of carbonyl (C=O) groups excluding carboxylic acids is 2.